The summed E-state index contributed by atoms with van der Waals surface area (Å²) in [6, 6.07) is -0.512. The van der Waals surface area contributed by atoms with Gasteiger partial charge in [0.1, 0.15) is 0 Å². The van der Waals surface area contributed by atoms with Crippen LogP contribution in [-0.4, -0.2) is 37.5 Å². The first-order valence-corrected chi connectivity index (χ1v) is 4.87. The number of halogens is 4. The van der Waals surface area contributed by atoms with Crippen LogP contribution in [0.3, 0.4) is 0 Å². The van der Waals surface area contributed by atoms with Crippen molar-refractivity contribution >= 4 is 5.91 Å². The second-order valence-electron chi connectivity index (χ2n) is 3.76. The van der Waals surface area contributed by atoms with Gasteiger partial charge in [-0.1, -0.05) is 0 Å². The second kappa shape index (κ2) is 4.99. The van der Waals surface area contributed by atoms with Crippen molar-refractivity contribution in [3.63, 3.8) is 0 Å². The molecule has 94 valence electrons. The van der Waals surface area contributed by atoms with Crippen molar-refractivity contribution in [1.29, 1.82) is 0 Å². The number of rotatable bonds is 4. The monoisotopic (exact) mass is 243 g/mol. The lowest BCUT2D eigenvalue weighted by Crippen LogP contribution is -2.48. The molecule has 1 fully saturated rings. The minimum absolute atomic E-state index is 0.106. The summed E-state index contributed by atoms with van der Waals surface area (Å²) < 4.78 is 53.8. The molecule has 1 N–H and O–H groups in total. The van der Waals surface area contributed by atoms with Crippen LogP contribution in [0.15, 0.2) is 0 Å². The Labute approximate surface area is 90.1 Å². The molecule has 0 aromatic rings. The van der Waals surface area contributed by atoms with Crippen molar-refractivity contribution in [2.45, 2.75) is 43.8 Å². The quantitative estimate of drug-likeness (QED) is 0.761. The summed E-state index contributed by atoms with van der Waals surface area (Å²) in [5, 5.41) is 1.92. The SMILES string of the molecule is COC1CCC(NC(=O)C(F)(F)C(F)F)C1. The fourth-order valence-electron chi connectivity index (χ4n) is 1.67. The Morgan fingerprint density at radius 1 is 1.44 bits per heavy atom. The van der Waals surface area contributed by atoms with E-state index in [1.54, 1.807) is 0 Å². The largest absolute Gasteiger partial charge is 0.383 e. The summed E-state index contributed by atoms with van der Waals surface area (Å²) in [4.78, 5) is 10.9. The topological polar surface area (TPSA) is 38.3 Å². The highest BCUT2D eigenvalue weighted by Gasteiger charge is 2.49. The average molecular weight is 243 g/mol. The first-order valence-electron chi connectivity index (χ1n) is 4.87. The summed E-state index contributed by atoms with van der Waals surface area (Å²) >= 11 is 0. The number of carbonyl (C=O) groups is 1. The summed E-state index contributed by atoms with van der Waals surface area (Å²) in [5.74, 6) is -6.53. The molecule has 0 radical (unpaired) electrons. The van der Waals surface area contributed by atoms with Crippen molar-refractivity contribution in [2.75, 3.05) is 7.11 Å². The fraction of sp³-hybridized carbons (Fsp3) is 0.889. The van der Waals surface area contributed by atoms with Gasteiger partial charge in [-0.3, -0.25) is 4.79 Å². The zero-order valence-corrected chi connectivity index (χ0v) is 8.68. The maximum Gasteiger partial charge on any atom is 0.383 e. The van der Waals surface area contributed by atoms with Gasteiger partial charge in [0.2, 0.25) is 0 Å². The average Bonchev–Trinajstić information content (AvgIpc) is 2.65. The van der Waals surface area contributed by atoms with Gasteiger partial charge in [0.05, 0.1) is 6.10 Å². The fourth-order valence-corrected chi connectivity index (χ4v) is 1.67. The van der Waals surface area contributed by atoms with Crippen LogP contribution in [0, 0.1) is 0 Å². The number of carbonyl (C=O) groups excluding carboxylic acids is 1. The standard InChI is InChI=1S/C9H13F4NO2/c1-16-6-3-2-5(4-6)14-8(15)9(12,13)7(10)11/h5-7H,2-4H2,1H3,(H,14,15). The van der Waals surface area contributed by atoms with Crippen molar-refractivity contribution in [3.05, 3.63) is 0 Å². The van der Waals surface area contributed by atoms with Crippen molar-refractivity contribution in [2.24, 2.45) is 0 Å². The molecule has 7 heteroatoms. The number of methoxy groups -OCH3 is 1. The van der Waals surface area contributed by atoms with Crippen LogP contribution in [-0.2, 0) is 9.53 Å². The minimum atomic E-state index is -4.62. The Morgan fingerprint density at radius 2 is 2.06 bits per heavy atom. The Bertz CT molecular complexity index is 260. The molecule has 1 aliphatic rings. The summed E-state index contributed by atoms with van der Waals surface area (Å²) in [7, 11) is 1.47. The van der Waals surface area contributed by atoms with E-state index in [0.29, 0.717) is 19.3 Å². The lowest BCUT2D eigenvalue weighted by Gasteiger charge is -2.18. The highest BCUT2D eigenvalue weighted by molar-refractivity contribution is 5.84. The van der Waals surface area contributed by atoms with Gasteiger partial charge in [-0.05, 0) is 19.3 Å². The van der Waals surface area contributed by atoms with E-state index in [2.05, 4.69) is 0 Å². The Balaban J connectivity index is 2.47. The van der Waals surface area contributed by atoms with Gasteiger partial charge in [-0.15, -0.1) is 0 Å². The molecule has 1 aliphatic carbocycles. The van der Waals surface area contributed by atoms with Gasteiger partial charge < -0.3 is 10.1 Å². The molecule has 0 heterocycles. The molecular formula is C9H13F4NO2. The molecule has 0 aliphatic heterocycles. The first-order chi connectivity index (χ1) is 7.37. The van der Waals surface area contributed by atoms with Gasteiger partial charge >= 0.3 is 12.3 Å². The molecular weight excluding hydrogens is 230 g/mol. The number of ether oxygens (including phenoxy) is 1. The van der Waals surface area contributed by atoms with E-state index >= 15 is 0 Å². The minimum Gasteiger partial charge on any atom is -0.381 e. The number of hydrogen-bond donors (Lipinski definition) is 1. The summed E-state index contributed by atoms with van der Waals surface area (Å²) in [5.41, 5.74) is 0. The van der Waals surface area contributed by atoms with Gasteiger partial charge in [0.15, 0.2) is 0 Å². The van der Waals surface area contributed by atoms with Gasteiger partial charge in [-0.25, -0.2) is 8.78 Å². The van der Waals surface area contributed by atoms with Crippen molar-refractivity contribution < 1.29 is 27.1 Å². The lowest BCUT2D eigenvalue weighted by molar-refractivity contribution is -0.170. The Kier molecular flexibility index (Phi) is 4.12. The molecule has 1 saturated carbocycles. The third kappa shape index (κ3) is 2.84. The highest BCUT2D eigenvalue weighted by atomic mass is 19.3. The van der Waals surface area contributed by atoms with E-state index in [1.165, 1.54) is 7.11 Å². The van der Waals surface area contributed by atoms with E-state index in [4.69, 9.17) is 4.74 Å². The molecule has 2 atom stereocenters. The predicted octanol–water partition coefficient (Wildman–Crippen LogP) is 1.57. The first kappa shape index (κ1) is 13.2. The molecule has 3 nitrogen and oxygen atoms in total. The Hall–Kier alpha value is -0.850. The van der Waals surface area contributed by atoms with Gasteiger partial charge in [-0.2, -0.15) is 8.78 Å². The number of hydrogen-bond acceptors (Lipinski definition) is 2. The van der Waals surface area contributed by atoms with Crippen LogP contribution in [0.1, 0.15) is 19.3 Å². The molecule has 2 unspecified atom stereocenters. The van der Waals surface area contributed by atoms with E-state index in [-0.39, 0.29) is 6.10 Å². The predicted molar refractivity (Wildman–Crippen MR) is 47.5 cm³/mol. The molecule has 1 rings (SSSR count). The van der Waals surface area contributed by atoms with Crippen LogP contribution < -0.4 is 5.32 Å². The number of nitrogens with one attached hydrogen (secondary N) is 1. The molecule has 0 bridgehead atoms. The van der Waals surface area contributed by atoms with Crippen LogP contribution in [0.25, 0.3) is 0 Å². The number of amides is 1. The van der Waals surface area contributed by atoms with Crippen LogP contribution in [0.4, 0.5) is 17.6 Å². The van der Waals surface area contributed by atoms with Gasteiger partial charge in [0, 0.05) is 13.2 Å². The van der Waals surface area contributed by atoms with Crippen LogP contribution >= 0.6 is 0 Å². The van der Waals surface area contributed by atoms with E-state index in [9.17, 15) is 22.4 Å². The third-order valence-corrected chi connectivity index (χ3v) is 2.63. The zero-order valence-electron chi connectivity index (χ0n) is 8.68. The van der Waals surface area contributed by atoms with Crippen molar-refractivity contribution in [1.82, 2.24) is 5.32 Å². The maximum atomic E-state index is 12.6. The molecule has 0 spiro atoms. The van der Waals surface area contributed by atoms with Gasteiger partial charge in [0.25, 0.3) is 5.91 Å². The normalized spacial score (nSPS) is 26.1. The highest BCUT2D eigenvalue weighted by Crippen LogP contribution is 2.26. The molecule has 0 aromatic heterocycles. The summed E-state index contributed by atoms with van der Waals surface area (Å²) in [6.45, 7) is 0. The maximum absolute atomic E-state index is 12.6. The van der Waals surface area contributed by atoms with Crippen LogP contribution in [0.2, 0.25) is 0 Å². The van der Waals surface area contributed by atoms with Crippen molar-refractivity contribution in [3.8, 4) is 0 Å². The van der Waals surface area contributed by atoms with Crippen LogP contribution in [0.5, 0.6) is 0 Å². The van der Waals surface area contributed by atoms with E-state index in [0.717, 1.165) is 0 Å². The Morgan fingerprint density at radius 3 is 2.50 bits per heavy atom. The number of alkyl halides is 4. The third-order valence-electron chi connectivity index (χ3n) is 2.63. The summed E-state index contributed by atoms with van der Waals surface area (Å²) in [6.07, 6.45) is -2.62. The van der Waals surface area contributed by atoms with E-state index in [1.807, 2.05) is 5.32 Å². The molecule has 1 amide bonds. The smallest absolute Gasteiger partial charge is 0.381 e. The van der Waals surface area contributed by atoms with E-state index < -0.39 is 24.3 Å². The molecule has 0 saturated heterocycles. The lowest BCUT2D eigenvalue weighted by atomic mass is 10.2. The molecule has 16 heavy (non-hydrogen) atoms. The molecule has 0 aromatic carbocycles. The zero-order chi connectivity index (χ0) is 12.3. The second-order valence-corrected chi connectivity index (χ2v) is 3.76.